The van der Waals surface area contributed by atoms with Crippen molar-refractivity contribution >= 4 is 5.52 Å². The molecule has 0 radical (unpaired) electrons. The van der Waals surface area contributed by atoms with Crippen LogP contribution < -0.4 is 11.3 Å². The van der Waals surface area contributed by atoms with E-state index < -0.39 is 6.04 Å². The zero-order valence-electron chi connectivity index (χ0n) is 8.08. The van der Waals surface area contributed by atoms with Gasteiger partial charge in [0.2, 0.25) is 0 Å². The number of hydrogen-bond acceptors (Lipinski definition) is 4. The molecule has 1 unspecified atom stereocenters. The lowest BCUT2D eigenvalue weighted by molar-refractivity contribution is 0.818. The molecule has 0 aliphatic rings. The number of aryl methyl sites for hydroxylation is 1. The van der Waals surface area contributed by atoms with Gasteiger partial charge in [0, 0.05) is 25.0 Å². The molecule has 6 heteroatoms. The molecule has 0 aliphatic heterocycles. The van der Waals surface area contributed by atoms with Gasteiger partial charge < -0.3 is 10.3 Å². The van der Waals surface area contributed by atoms with Gasteiger partial charge in [-0.1, -0.05) is 0 Å². The Morgan fingerprint density at radius 2 is 2.33 bits per heavy atom. The number of nitriles is 1. The third-order valence-corrected chi connectivity index (χ3v) is 2.25. The first-order chi connectivity index (χ1) is 7.15. The van der Waals surface area contributed by atoms with E-state index in [9.17, 15) is 4.79 Å². The van der Waals surface area contributed by atoms with Crippen molar-refractivity contribution in [1.82, 2.24) is 14.2 Å². The molecule has 76 valence electrons. The molecule has 0 aromatic carbocycles. The molecule has 0 saturated carbocycles. The Morgan fingerprint density at radius 1 is 1.60 bits per heavy atom. The largest absolute Gasteiger partial charge is 0.315 e. The van der Waals surface area contributed by atoms with Crippen LogP contribution in [-0.2, 0) is 7.05 Å². The van der Waals surface area contributed by atoms with Crippen molar-refractivity contribution in [3.63, 3.8) is 0 Å². The minimum absolute atomic E-state index is 0.212. The molecule has 0 saturated heterocycles. The Morgan fingerprint density at radius 3 is 3.00 bits per heavy atom. The van der Waals surface area contributed by atoms with Gasteiger partial charge in [0.05, 0.1) is 12.3 Å². The summed E-state index contributed by atoms with van der Waals surface area (Å²) >= 11 is 0. The Balaban J connectivity index is 2.85. The molecule has 2 heterocycles. The molecule has 2 aromatic rings. The van der Waals surface area contributed by atoms with E-state index in [-0.39, 0.29) is 5.56 Å². The van der Waals surface area contributed by atoms with Crippen LogP contribution in [0.2, 0.25) is 0 Å². The molecular formula is C9H9N5O. The monoisotopic (exact) mass is 203 g/mol. The van der Waals surface area contributed by atoms with Gasteiger partial charge in [-0.05, 0) is 0 Å². The number of aromatic nitrogens is 3. The quantitative estimate of drug-likeness (QED) is 0.680. The molecule has 0 spiro atoms. The van der Waals surface area contributed by atoms with Gasteiger partial charge in [0.1, 0.15) is 11.6 Å². The third-order valence-electron chi connectivity index (χ3n) is 2.25. The van der Waals surface area contributed by atoms with Crippen LogP contribution in [0.25, 0.3) is 5.52 Å². The molecule has 2 aromatic heterocycles. The summed E-state index contributed by atoms with van der Waals surface area (Å²) in [5.74, 6) is 0. The molecule has 0 fully saturated rings. The lowest BCUT2D eigenvalue weighted by atomic mass is 10.1. The molecule has 2 N–H and O–H groups in total. The maximum absolute atomic E-state index is 11.8. The second-order valence-electron chi connectivity index (χ2n) is 3.21. The van der Waals surface area contributed by atoms with E-state index >= 15 is 0 Å². The van der Waals surface area contributed by atoms with Crippen molar-refractivity contribution in [1.29, 1.82) is 5.26 Å². The van der Waals surface area contributed by atoms with Gasteiger partial charge in [-0.3, -0.25) is 4.79 Å². The number of nitrogens with two attached hydrogens (primary N) is 1. The van der Waals surface area contributed by atoms with Crippen LogP contribution in [0.1, 0.15) is 11.6 Å². The van der Waals surface area contributed by atoms with Gasteiger partial charge in [-0.25, -0.2) is 4.52 Å². The first kappa shape index (κ1) is 9.43. The first-order valence-corrected chi connectivity index (χ1v) is 4.33. The maximum atomic E-state index is 11.8. The first-order valence-electron chi connectivity index (χ1n) is 4.33. The molecule has 6 nitrogen and oxygen atoms in total. The third kappa shape index (κ3) is 1.30. The SMILES string of the molecule is Cn1ccn2ncc(C(N)C#N)c2c1=O. The molecule has 1 atom stereocenters. The highest BCUT2D eigenvalue weighted by Crippen LogP contribution is 2.12. The summed E-state index contributed by atoms with van der Waals surface area (Å²) in [5, 5.41) is 12.7. The summed E-state index contributed by atoms with van der Waals surface area (Å²) in [7, 11) is 1.64. The summed E-state index contributed by atoms with van der Waals surface area (Å²) in [6, 6.07) is 1.06. The van der Waals surface area contributed by atoms with Crippen molar-refractivity contribution in [2.24, 2.45) is 12.8 Å². The fourth-order valence-corrected chi connectivity index (χ4v) is 1.41. The Kier molecular flexibility index (Phi) is 2.02. The lowest BCUT2D eigenvalue weighted by Gasteiger charge is -2.01. The van der Waals surface area contributed by atoms with Gasteiger partial charge in [0.25, 0.3) is 5.56 Å². The second-order valence-corrected chi connectivity index (χ2v) is 3.21. The van der Waals surface area contributed by atoms with Crippen LogP contribution in [0, 0.1) is 11.3 Å². The van der Waals surface area contributed by atoms with E-state index in [0.29, 0.717) is 11.1 Å². The summed E-state index contributed by atoms with van der Waals surface area (Å²) in [6.45, 7) is 0. The van der Waals surface area contributed by atoms with E-state index in [4.69, 9.17) is 11.0 Å². The second kappa shape index (κ2) is 3.22. The van der Waals surface area contributed by atoms with Crippen molar-refractivity contribution < 1.29 is 0 Å². The topological polar surface area (TPSA) is 89.1 Å². The van der Waals surface area contributed by atoms with E-state index in [1.54, 1.807) is 19.4 Å². The average molecular weight is 203 g/mol. The van der Waals surface area contributed by atoms with Gasteiger partial charge in [-0.15, -0.1) is 0 Å². The van der Waals surface area contributed by atoms with E-state index in [1.165, 1.54) is 15.3 Å². The minimum atomic E-state index is -0.822. The molecule has 2 rings (SSSR count). The number of rotatable bonds is 1. The van der Waals surface area contributed by atoms with Crippen molar-refractivity contribution in [3.05, 3.63) is 34.5 Å². The smallest absolute Gasteiger partial charge is 0.276 e. The lowest BCUT2D eigenvalue weighted by Crippen LogP contribution is -2.20. The van der Waals surface area contributed by atoms with E-state index in [1.807, 2.05) is 6.07 Å². The molecule has 0 bridgehead atoms. The zero-order chi connectivity index (χ0) is 11.0. The highest BCUT2D eigenvalue weighted by Gasteiger charge is 2.14. The standard InChI is InChI=1S/C9H9N5O/c1-13-2-3-14-8(9(13)15)6(5-12-14)7(11)4-10/h2-3,5,7H,11H2,1H3. The molecule has 0 aliphatic carbocycles. The predicted octanol–water partition coefficient (Wildman–Crippen LogP) is -0.444. The fraction of sp³-hybridized carbons (Fsp3) is 0.222. The van der Waals surface area contributed by atoms with Crippen molar-refractivity contribution in [3.8, 4) is 6.07 Å². The minimum Gasteiger partial charge on any atom is -0.315 e. The average Bonchev–Trinajstić information content (AvgIpc) is 2.67. The van der Waals surface area contributed by atoms with Crippen LogP contribution in [-0.4, -0.2) is 14.2 Å². The fourth-order valence-electron chi connectivity index (χ4n) is 1.41. The molecule has 15 heavy (non-hydrogen) atoms. The van der Waals surface area contributed by atoms with E-state index in [2.05, 4.69) is 5.10 Å². The normalized spacial score (nSPS) is 12.6. The Labute approximate surface area is 85.2 Å². The van der Waals surface area contributed by atoms with Crippen LogP contribution in [0.3, 0.4) is 0 Å². The molecule has 0 amide bonds. The van der Waals surface area contributed by atoms with Crippen LogP contribution in [0.5, 0.6) is 0 Å². The van der Waals surface area contributed by atoms with Crippen LogP contribution in [0.15, 0.2) is 23.4 Å². The summed E-state index contributed by atoms with van der Waals surface area (Å²) in [4.78, 5) is 11.8. The number of nitrogens with zero attached hydrogens (tertiary/aromatic N) is 4. The predicted molar refractivity (Wildman–Crippen MR) is 53.0 cm³/mol. The number of fused-ring (bicyclic) bond motifs is 1. The Hall–Kier alpha value is -2.13. The van der Waals surface area contributed by atoms with Gasteiger partial charge in [-0.2, -0.15) is 10.4 Å². The van der Waals surface area contributed by atoms with Crippen molar-refractivity contribution in [2.45, 2.75) is 6.04 Å². The van der Waals surface area contributed by atoms with Crippen molar-refractivity contribution in [2.75, 3.05) is 0 Å². The summed E-state index contributed by atoms with van der Waals surface area (Å²) in [5.41, 5.74) is 6.16. The maximum Gasteiger partial charge on any atom is 0.276 e. The van der Waals surface area contributed by atoms with E-state index in [0.717, 1.165) is 0 Å². The summed E-state index contributed by atoms with van der Waals surface area (Å²) in [6.07, 6.45) is 4.69. The Bertz CT molecular complexity index is 603. The highest BCUT2D eigenvalue weighted by atomic mass is 16.1. The highest BCUT2D eigenvalue weighted by molar-refractivity contribution is 5.54. The van der Waals surface area contributed by atoms with Gasteiger partial charge in [0.15, 0.2) is 0 Å². The van der Waals surface area contributed by atoms with Crippen LogP contribution in [0.4, 0.5) is 0 Å². The molecular weight excluding hydrogens is 194 g/mol. The van der Waals surface area contributed by atoms with Crippen LogP contribution >= 0.6 is 0 Å². The summed E-state index contributed by atoms with van der Waals surface area (Å²) < 4.78 is 2.85. The van der Waals surface area contributed by atoms with Gasteiger partial charge >= 0.3 is 0 Å². The number of hydrogen-bond donors (Lipinski definition) is 1. The zero-order valence-corrected chi connectivity index (χ0v) is 8.08.